The van der Waals surface area contributed by atoms with Gasteiger partial charge in [-0.25, -0.2) is 0 Å². The maximum Gasteiger partial charge on any atom is 0.242 e. The van der Waals surface area contributed by atoms with E-state index in [0.717, 1.165) is 0 Å². The van der Waals surface area contributed by atoms with Crippen LogP contribution >= 0.6 is 11.8 Å². The second kappa shape index (κ2) is 7.47. The van der Waals surface area contributed by atoms with Gasteiger partial charge in [-0.3, -0.25) is 9.69 Å². The molecule has 1 N–H and O–H groups in total. The molecular weight excluding hydrogens is 298 g/mol. The number of nitrogens with one attached hydrogen (secondary N) is 1. The van der Waals surface area contributed by atoms with Gasteiger partial charge >= 0.3 is 0 Å². The van der Waals surface area contributed by atoms with Crippen LogP contribution < -0.4 is 5.32 Å². The van der Waals surface area contributed by atoms with Crippen molar-refractivity contribution in [2.45, 2.75) is 31.3 Å². The van der Waals surface area contributed by atoms with Crippen LogP contribution in [-0.4, -0.2) is 35.3 Å². The van der Waals surface area contributed by atoms with Crippen molar-refractivity contribution in [2.24, 2.45) is 0 Å². The summed E-state index contributed by atoms with van der Waals surface area (Å²) in [5.41, 5.74) is 1.18. The topological polar surface area (TPSA) is 58.4 Å². The first kappa shape index (κ1) is 16.6. The summed E-state index contributed by atoms with van der Waals surface area (Å²) in [4.78, 5) is 15.4. The summed E-state index contributed by atoms with van der Waals surface area (Å²) >= 11 is 1.72. The molecule has 2 rings (SSSR count). The zero-order chi connectivity index (χ0) is 16.1. The minimum absolute atomic E-state index is 0.100. The molecule has 0 spiro atoms. The van der Waals surface area contributed by atoms with Crippen LogP contribution in [0.2, 0.25) is 0 Å². The van der Waals surface area contributed by atoms with Gasteiger partial charge in [-0.05, 0) is 44.8 Å². The first-order valence-corrected chi connectivity index (χ1v) is 8.29. The molecule has 0 aliphatic carbocycles. The Hall–Kier alpha value is -1.79. The fourth-order valence-electron chi connectivity index (χ4n) is 2.01. The molecule has 0 aliphatic rings. The monoisotopic (exact) mass is 319 g/mol. The van der Waals surface area contributed by atoms with Gasteiger partial charge in [0.1, 0.15) is 5.76 Å². The molecule has 1 heterocycles. The van der Waals surface area contributed by atoms with E-state index in [1.165, 1.54) is 10.5 Å². The van der Waals surface area contributed by atoms with Gasteiger partial charge in [0.2, 0.25) is 5.91 Å². The van der Waals surface area contributed by atoms with E-state index in [2.05, 4.69) is 41.0 Å². The molecule has 22 heavy (non-hydrogen) atoms. The zero-order valence-electron chi connectivity index (χ0n) is 13.3. The highest BCUT2D eigenvalue weighted by atomic mass is 32.2. The third kappa shape index (κ3) is 4.35. The lowest BCUT2D eigenvalue weighted by atomic mass is 10.2. The molecule has 6 heteroatoms. The van der Waals surface area contributed by atoms with E-state index in [1.54, 1.807) is 24.8 Å². The number of rotatable bonds is 6. The zero-order valence-corrected chi connectivity index (χ0v) is 14.1. The molecule has 0 saturated heterocycles. The van der Waals surface area contributed by atoms with Crippen LogP contribution in [0.25, 0.3) is 0 Å². The first-order chi connectivity index (χ1) is 10.5. The Morgan fingerprint density at radius 3 is 2.64 bits per heavy atom. The SMILES string of the molecule is CSc1ccc(CN(C)[C@@H](C)C(=O)Nc2cc(C)on2)cc1. The first-order valence-electron chi connectivity index (χ1n) is 7.07. The molecule has 0 radical (unpaired) electrons. The molecule has 1 aromatic carbocycles. The standard InChI is InChI=1S/C16H21N3O2S/c1-11-9-15(18-21-11)17-16(20)12(2)19(3)10-13-5-7-14(22-4)8-6-13/h5-9,12H,10H2,1-4H3,(H,17,18,20)/t12-/m0/s1. The summed E-state index contributed by atoms with van der Waals surface area (Å²) in [6.45, 7) is 4.37. The summed E-state index contributed by atoms with van der Waals surface area (Å²) in [7, 11) is 1.93. The molecule has 0 saturated carbocycles. The molecule has 0 bridgehead atoms. The molecule has 0 fully saturated rings. The van der Waals surface area contributed by atoms with Crippen molar-refractivity contribution in [3.05, 3.63) is 41.7 Å². The van der Waals surface area contributed by atoms with E-state index in [4.69, 9.17) is 4.52 Å². The summed E-state index contributed by atoms with van der Waals surface area (Å²) < 4.78 is 4.94. The molecule has 1 aromatic heterocycles. The van der Waals surface area contributed by atoms with Crippen molar-refractivity contribution in [2.75, 3.05) is 18.6 Å². The number of carbonyl (C=O) groups excluding carboxylic acids is 1. The number of amides is 1. The normalized spacial score (nSPS) is 12.4. The number of hydrogen-bond acceptors (Lipinski definition) is 5. The molecule has 1 atom stereocenters. The average Bonchev–Trinajstić information content (AvgIpc) is 2.92. The Morgan fingerprint density at radius 1 is 1.41 bits per heavy atom. The highest BCUT2D eigenvalue weighted by molar-refractivity contribution is 7.98. The van der Waals surface area contributed by atoms with Crippen LogP contribution in [0.15, 0.2) is 39.8 Å². The van der Waals surface area contributed by atoms with Gasteiger partial charge in [0.25, 0.3) is 0 Å². The highest BCUT2D eigenvalue weighted by Gasteiger charge is 2.19. The average molecular weight is 319 g/mol. The number of anilines is 1. The van der Waals surface area contributed by atoms with Crippen LogP contribution in [0.4, 0.5) is 5.82 Å². The maximum atomic E-state index is 12.2. The van der Waals surface area contributed by atoms with E-state index >= 15 is 0 Å². The highest BCUT2D eigenvalue weighted by Crippen LogP contribution is 2.16. The van der Waals surface area contributed by atoms with Gasteiger partial charge in [0.05, 0.1) is 6.04 Å². The third-order valence-electron chi connectivity index (χ3n) is 3.51. The van der Waals surface area contributed by atoms with Crippen LogP contribution in [0.5, 0.6) is 0 Å². The molecule has 1 amide bonds. The van der Waals surface area contributed by atoms with E-state index in [-0.39, 0.29) is 11.9 Å². The molecule has 0 unspecified atom stereocenters. The summed E-state index contributed by atoms with van der Waals surface area (Å²) in [6, 6.07) is 9.80. The number of hydrogen-bond donors (Lipinski definition) is 1. The van der Waals surface area contributed by atoms with Crippen molar-refractivity contribution in [1.82, 2.24) is 10.1 Å². The second-order valence-corrected chi connectivity index (χ2v) is 6.13. The van der Waals surface area contributed by atoms with Crippen LogP contribution in [-0.2, 0) is 11.3 Å². The van der Waals surface area contributed by atoms with Gasteiger partial charge in [0.15, 0.2) is 5.82 Å². The summed E-state index contributed by atoms with van der Waals surface area (Å²) in [5, 5.41) is 6.53. The van der Waals surface area contributed by atoms with Gasteiger partial charge < -0.3 is 9.84 Å². The predicted molar refractivity (Wildman–Crippen MR) is 89.0 cm³/mol. The largest absolute Gasteiger partial charge is 0.360 e. The smallest absolute Gasteiger partial charge is 0.242 e. The van der Waals surface area contributed by atoms with Crippen molar-refractivity contribution in [1.29, 1.82) is 0 Å². The number of nitrogens with zero attached hydrogens (tertiary/aromatic N) is 2. The van der Waals surface area contributed by atoms with Crippen molar-refractivity contribution >= 4 is 23.5 Å². The maximum absolute atomic E-state index is 12.2. The Labute approximate surface area is 135 Å². The second-order valence-electron chi connectivity index (χ2n) is 5.25. The molecule has 118 valence electrons. The van der Waals surface area contributed by atoms with Crippen LogP contribution in [0.3, 0.4) is 0 Å². The van der Waals surface area contributed by atoms with E-state index in [9.17, 15) is 4.79 Å². The van der Waals surface area contributed by atoms with E-state index in [0.29, 0.717) is 18.1 Å². The number of aryl methyl sites for hydroxylation is 1. The number of thioether (sulfide) groups is 1. The summed E-state index contributed by atoms with van der Waals surface area (Å²) in [5.74, 6) is 1.02. The van der Waals surface area contributed by atoms with Gasteiger partial charge in [-0.15, -0.1) is 11.8 Å². The number of likely N-dealkylation sites (N-methyl/N-ethyl adjacent to an activating group) is 1. The molecule has 2 aromatic rings. The predicted octanol–water partition coefficient (Wildman–Crippen LogP) is 3.16. The summed E-state index contributed by atoms with van der Waals surface area (Å²) in [6.07, 6.45) is 2.05. The number of aromatic nitrogens is 1. The third-order valence-corrected chi connectivity index (χ3v) is 4.25. The minimum Gasteiger partial charge on any atom is -0.360 e. The fraction of sp³-hybridized carbons (Fsp3) is 0.375. The van der Waals surface area contributed by atoms with E-state index < -0.39 is 0 Å². The lowest BCUT2D eigenvalue weighted by Crippen LogP contribution is -2.39. The molecule has 0 aliphatic heterocycles. The Kier molecular flexibility index (Phi) is 5.63. The lowest BCUT2D eigenvalue weighted by Gasteiger charge is -2.23. The van der Waals surface area contributed by atoms with Crippen LogP contribution in [0, 0.1) is 6.92 Å². The Morgan fingerprint density at radius 2 is 2.09 bits per heavy atom. The number of carbonyl (C=O) groups is 1. The van der Waals surface area contributed by atoms with Crippen molar-refractivity contribution < 1.29 is 9.32 Å². The van der Waals surface area contributed by atoms with Gasteiger partial charge in [-0.1, -0.05) is 17.3 Å². The van der Waals surface area contributed by atoms with E-state index in [1.807, 2.05) is 18.9 Å². The quantitative estimate of drug-likeness (QED) is 0.829. The number of benzene rings is 1. The molecular formula is C16H21N3O2S. The fourth-order valence-corrected chi connectivity index (χ4v) is 2.42. The Bertz CT molecular complexity index is 625. The van der Waals surface area contributed by atoms with Crippen LogP contribution in [0.1, 0.15) is 18.2 Å². The molecule has 5 nitrogen and oxygen atoms in total. The van der Waals surface area contributed by atoms with Crippen molar-refractivity contribution in [3.63, 3.8) is 0 Å². The van der Waals surface area contributed by atoms with Crippen molar-refractivity contribution in [3.8, 4) is 0 Å². The van der Waals surface area contributed by atoms with Gasteiger partial charge in [-0.2, -0.15) is 0 Å². The van der Waals surface area contributed by atoms with Gasteiger partial charge in [0, 0.05) is 17.5 Å². The minimum atomic E-state index is -0.266. The Balaban J connectivity index is 1.92. The lowest BCUT2D eigenvalue weighted by molar-refractivity contribution is -0.120.